The Morgan fingerprint density at radius 3 is 2.75 bits per heavy atom. The molecule has 0 radical (unpaired) electrons. The van der Waals surface area contributed by atoms with Gasteiger partial charge in [0.15, 0.2) is 0 Å². The molecule has 0 fully saturated rings. The van der Waals surface area contributed by atoms with Crippen LogP contribution in [0, 0.1) is 13.8 Å². The molecule has 0 bridgehead atoms. The van der Waals surface area contributed by atoms with Gasteiger partial charge in [-0.15, -0.1) is 0 Å². The van der Waals surface area contributed by atoms with E-state index in [0.717, 1.165) is 27.7 Å². The fraction of sp³-hybridized carbons (Fsp3) is 0.214. The molecule has 0 aliphatic rings. The molecule has 1 aromatic carbocycles. The molecule has 2 N–H and O–H groups in total. The summed E-state index contributed by atoms with van der Waals surface area (Å²) >= 11 is 0. The number of fused-ring (bicyclic) bond motifs is 1. The predicted molar refractivity (Wildman–Crippen MR) is 74.4 cm³/mol. The van der Waals surface area contributed by atoms with Crippen molar-refractivity contribution in [3.05, 3.63) is 35.7 Å². The molecule has 2 aromatic heterocycles. The summed E-state index contributed by atoms with van der Waals surface area (Å²) in [5, 5.41) is 15.7. The van der Waals surface area contributed by atoms with Crippen LogP contribution in [0.4, 0.5) is 0 Å². The van der Waals surface area contributed by atoms with Gasteiger partial charge in [-0.1, -0.05) is 0 Å². The van der Waals surface area contributed by atoms with Crippen LogP contribution in [0.5, 0.6) is 0 Å². The number of rotatable bonds is 3. The molecule has 0 aliphatic heterocycles. The van der Waals surface area contributed by atoms with E-state index in [9.17, 15) is 4.79 Å². The number of nitrogens with zero attached hydrogens (tertiary/aromatic N) is 3. The lowest BCUT2D eigenvalue weighted by Gasteiger charge is -2.05. The minimum Gasteiger partial charge on any atom is -0.480 e. The lowest BCUT2D eigenvalue weighted by Crippen LogP contribution is -2.10. The largest absolute Gasteiger partial charge is 0.480 e. The first-order valence-electron chi connectivity index (χ1n) is 6.24. The van der Waals surface area contributed by atoms with Crippen LogP contribution in [0.1, 0.15) is 11.1 Å². The molecule has 0 aliphatic carbocycles. The number of aromatic amines is 1. The second-order valence-electron chi connectivity index (χ2n) is 4.83. The molecule has 2 heterocycles. The number of aryl methyl sites for hydroxylation is 2. The third-order valence-electron chi connectivity index (χ3n) is 3.41. The quantitative estimate of drug-likeness (QED) is 0.763. The lowest BCUT2D eigenvalue weighted by molar-refractivity contribution is -0.137. The number of hydrogen-bond acceptors (Lipinski definition) is 3. The van der Waals surface area contributed by atoms with Gasteiger partial charge in [0.1, 0.15) is 12.4 Å². The van der Waals surface area contributed by atoms with Crippen LogP contribution in [0.2, 0.25) is 0 Å². The van der Waals surface area contributed by atoms with Crippen LogP contribution >= 0.6 is 0 Å². The Labute approximate surface area is 115 Å². The summed E-state index contributed by atoms with van der Waals surface area (Å²) in [5.74, 6) is -0.284. The molecule has 6 nitrogen and oxygen atoms in total. The average molecular weight is 270 g/mol. The number of benzene rings is 1. The number of nitrogens with one attached hydrogen (secondary N) is 1. The third-order valence-corrected chi connectivity index (χ3v) is 3.41. The summed E-state index contributed by atoms with van der Waals surface area (Å²) in [6.07, 6.45) is 3.35. The molecule has 0 atom stereocenters. The summed E-state index contributed by atoms with van der Waals surface area (Å²) in [6.45, 7) is 3.90. The van der Waals surface area contributed by atoms with Crippen molar-refractivity contribution in [1.82, 2.24) is 19.7 Å². The topological polar surface area (TPSA) is 83.8 Å². The van der Waals surface area contributed by atoms with Gasteiger partial charge in [0.05, 0.1) is 22.8 Å². The summed E-state index contributed by atoms with van der Waals surface area (Å²) in [6, 6.07) is 3.96. The van der Waals surface area contributed by atoms with Crippen molar-refractivity contribution >= 4 is 17.0 Å². The van der Waals surface area contributed by atoms with Gasteiger partial charge in [-0.25, -0.2) is 4.98 Å². The zero-order valence-electron chi connectivity index (χ0n) is 11.2. The molecule has 0 spiro atoms. The maximum absolute atomic E-state index is 11.1. The van der Waals surface area contributed by atoms with Crippen LogP contribution in [0.25, 0.3) is 22.4 Å². The summed E-state index contributed by atoms with van der Waals surface area (Å²) in [5.41, 5.74) is 4.65. The van der Waals surface area contributed by atoms with Gasteiger partial charge in [-0.2, -0.15) is 5.10 Å². The average Bonchev–Trinajstić information content (AvgIpc) is 2.99. The van der Waals surface area contributed by atoms with E-state index in [-0.39, 0.29) is 6.54 Å². The number of carboxylic acid groups (broad SMARTS) is 1. The highest BCUT2D eigenvalue weighted by Gasteiger charge is 2.16. The molecule has 0 unspecified atom stereocenters. The van der Waals surface area contributed by atoms with E-state index in [2.05, 4.69) is 15.2 Å². The maximum Gasteiger partial charge on any atom is 0.323 e. The standard InChI is InChI=1S/C14H14N4O2/c1-8-3-11-12(4-9(8)2)18(7-13(19)20)14(17-11)10-5-15-16-6-10/h3-6H,7H2,1-2H3,(H,15,16)(H,19,20). The van der Waals surface area contributed by atoms with Crippen LogP contribution in [-0.4, -0.2) is 30.8 Å². The predicted octanol–water partition coefficient (Wildman–Crippen LogP) is 2.13. The monoisotopic (exact) mass is 270 g/mol. The van der Waals surface area contributed by atoms with E-state index in [0.29, 0.717) is 5.82 Å². The Morgan fingerprint density at radius 2 is 2.10 bits per heavy atom. The van der Waals surface area contributed by atoms with Crippen LogP contribution in [-0.2, 0) is 11.3 Å². The first-order chi connectivity index (χ1) is 9.56. The smallest absolute Gasteiger partial charge is 0.323 e. The molecule has 0 amide bonds. The van der Waals surface area contributed by atoms with Crippen LogP contribution < -0.4 is 0 Å². The van der Waals surface area contributed by atoms with E-state index >= 15 is 0 Å². The normalized spacial score (nSPS) is 11.1. The van der Waals surface area contributed by atoms with Gasteiger partial charge in [0, 0.05) is 6.20 Å². The van der Waals surface area contributed by atoms with Crippen molar-refractivity contribution in [2.24, 2.45) is 0 Å². The highest BCUT2D eigenvalue weighted by atomic mass is 16.4. The molecule has 0 saturated heterocycles. The summed E-state index contributed by atoms with van der Waals surface area (Å²) in [7, 11) is 0. The van der Waals surface area contributed by atoms with Crippen molar-refractivity contribution in [2.75, 3.05) is 0 Å². The number of aromatic nitrogens is 4. The lowest BCUT2D eigenvalue weighted by atomic mass is 10.1. The van der Waals surface area contributed by atoms with Crippen LogP contribution in [0.15, 0.2) is 24.5 Å². The number of aliphatic carboxylic acids is 1. The fourth-order valence-corrected chi connectivity index (χ4v) is 2.27. The molecule has 0 saturated carbocycles. The molecule has 3 aromatic rings. The van der Waals surface area contributed by atoms with Gasteiger partial charge < -0.3 is 9.67 Å². The first kappa shape index (κ1) is 12.4. The first-order valence-corrected chi connectivity index (χ1v) is 6.24. The van der Waals surface area contributed by atoms with Crippen molar-refractivity contribution in [2.45, 2.75) is 20.4 Å². The minimum absolute atomic E-state index is 0.125. The molecular formula is C14H14N4O2. The van der Waals surface area contributed by atoms with Crippen molar-refractivity contribution in [1.29, 1.82) is 0 Å². The summed E-state index contributed by atoms with van der Waals surface area (Å²) in [4.78, 5) is 15.7. The molecule has 20 heavy (non-hydrogen) atoms. The highest BCUT2D eigenvalue weighted by Crippen LogP contribution is 2.26. The van der Waals surface area contributed by atoms with E-state index < -0.39 is 5.97 Å². The van der Waals surface area contributed by atoms with Gasteiger partial charge in [0.2, 0.25) is 0 Å². The number of carboxylic acids is 1. The SMILES string of the molecule is Cc1cc2nc(-c3cn[nH]c3)n(CC(=O)O)c2cc1C. The Bertz CT molecular complexity index is 787. The van der Waals surface area contributed by atoms with Crippen molar-refractivity contribution < 1.29 is 9.90 Å². The van der Waals surface area contributed by atoms with Crippen LogP contribution in [0.3, 0.4) is 0 Å². The Hall–Kier alpha value is -2.63. The molecule has 3 rings (SSSR count). The van der Waals surface area contributed by atoms with Gasteiger partial charge >= 0.3 is 5.97 Å². The van der Waals surface area contributed by atoms with Gasteiger partial charge in [-0.05, 0) is 37.1 Å². The van der Waals surface area contributed by atoms with Gasteiger partial charge in [0.25, 0.3) is 0 Å². The Morgan fingerprint density at radius 1 is 1.35 bits per heavy atom. The van der Waals surface area contributed by atoms with E-state index in [4.69, 9.17) is 5.11 Å². The minimum atomic E-state index is -0.896. The number of H-pyrrole nitrogens is 1. The van der Waals surface area contributed by atoms with E-state index in [1.807, 2.05) is 26.0 Å². The third kappa shape index (κ3) is 1.95. The number of imidazole rings is 1. The second kappa shape index (κ2) is 4.48. The van der Waals surface area contributed by atoms with Gasteiger partial charge in [-0.3, -0.25) is 9.89 Å². The fourth-order valence-electron chi connectivity index (χ4n) is 2.27. The Kier molecular flexibility index (Phi) is 2.78. The Balaban J connectivity index is 2.30. The second-order valence-corrected chi connectivity index (χ2v) is 4.83. The van der Waals surface area contributed by atoms with E-state index in [1.165, 1.54) is 0 Å². The molecule has 6 heteroatoms. The zero-order chi connectivity index (χ0) is 14.3. The summed E-state index contributed by atoms with van der Waals surface area (Å²) < 4.78 is 1.70. The molecule has 102 valence electrons. The van der Waals surface area contributed by atoms with Crippen molar-refractivity contribution in [3.63, 3.8) is 0 Å². The molecular weight excluding hydrogens is 256 g/mol. The number of carbonyl (C=O) groups is 1. The highest BCUT2D eigenvalue weighted by molar-refractivity contribution is 5.84. The maximum atomic E-state index is 11.1. The van der Waals surface area contributed by atoms with Crippen molar-refractivity contribution in [3.8, 4) is 11.4 Å². The zero-order valence-corrected chi connectivity index (χ0v) is 11.2. The van der Waals surface area contributed by atoms with E-state index in [1.54, 1.807) is 17.0 Å². The number of hydrogen-bond donors (Lipinski definition) is 2.